The largest absolute Gasteiger partial charge is 0.383 e. The molecule has 2 atom stereocenters. The van der Waals surface area contributed by atoms with Gasteiger partial charge in [0.1, 0.15) is 0 Å². The van der Waals surface area contributed by atoms with Crippen LogP contribution in [0.25, 0.3) is 0 Å². The van der Waals surface area contributed by atoms with Crippen LogP contribution < -0.4 is 10.6 Å². The van der Waals surface area contributed by atoms with Crippen LogP contribution in [0.2, 0.25) is 0 Å². The molecule has 1 heterocycles. The van der Waals surface area contributed by atoms with Crippen LogP contribution in [0.1, 0.15) is 85.0 Å². The number of amides is 1. The minimum atomic E-state index is 0.240. The molecule has 0 aromatic heterocycles. The van der Waals surface area contributed by atoms with Crippen LogP contribution in [0, 0.1) is 17.3 Å². The van der Waals surface area contributed by atoms with Gasteiger partial charge in [0.25, 0.3) is 0 Å². The Morgan fingerprint density at radius 3 is 2.30 bits per heavy atom. The summed E-state index contributed by atoms with van der Waals surface area (Å²) in [5, 5.41) is 7.06. The Morgan fingerprint density at radius 1 is 0.967 bits per heavy atom. The molecular weight excluding hydrogens is 374 g/mol. The topological polar surface area (TPSA) is 53.6 Å². The summed E-state index contributed by atoms with van der Waals surface area (Å²) in [7, 11) is 1.76. The summed E-state index contributed by atoms with van der Waals surface area (Å²) in [6, 6.07) is 1.73. The van der Waals surface area contributed by atoms with Crippen molar-refractivity contribution in [2.75, 3.05) is 33.4 Å². The van der Waals surface area contributed by atoms with E-state index in [-0.39, 0.29) is 5.92 Å². The van der Waals surface area contributed by atoms with E-state index in [0.717, 1.165) is 38.3 Å². The number of ether oxygens (including phenoxy) is 1. The zero-order valence-corrected chi connectivity index (χ0v) is 20.0. The first kappa shape index (κ1) is 24.0. The van der Waals surface area contributed by atoms with E-state index in [1.807, 2.05) is 0 Å². The first-order valence-electron chi connectivity index (χ1n) is 12.6. The van der Waals surface area contributed by atoms with Crippen LogP contribution in [0.15, 0.2) is 0 Å². The summed E-state index contributed by atoms with van der Waals surface area (Å²) in [5.41, 5.74) is 0.355. The number of likely N-dealkylation sites (tertiary alicyclic amines) is 1. The lowest BCUT2D eigenvalue weighted by Crippen LogP contribution is -2.49. The first-order chi connectivity index (χ1) is 14.4. The van der Waals surface area contributed by atoms with Crippen molar-refractivity contribution >= 4 is 5.91 Å². The zero-order valence-electron chi connectivity index (χ0n) is 20.0. The van der Waals surface area contributed by atoms with Gasteiger partial charge in [0, 0.05) is 37.7 Å². The van der Waals surface area contributed by atoms with E-state index in [0.29, 0.717) is 29.4 Å². The van der Waals surface area contributed by atoms with Crippen molar-refractivity contribution in [3.8, 4) is 0 Å². The lowest BCUT2D eigenvalue weighted by atomic mass is 9.71. The molecule has 1 saturated heterocycles. The Hall–Kier alpha value is -0.650. The highest BCUT2D eigenvalue weighted by atomic mass is 16.5. The zero-order chi connectivity index (χ0) is 21.6. The average molecular weight is 422 g/mol. The minimum Gasteiger partial charge on any atom is -0.383 e. The second kappa shape index (κ2) is 11.3. The number of carbonyl (C=O) groups is 1. The second-order valence-corrected chi connectivity index (χ2v) is 11.2. The molecule has 3 aliphatic rings. The monoisotopic (exact) mass is 421 g/mol. The molecule has 1 aliphatic heterocycles. The summed E-state index contributed by atoms with van der Waals surface area (Å²) < 4.78 is 5.14. The van der Waals surface area contributed by atoms with Crippen LogP contribution >= 0.6 is 0 Å². The van der Waals surface area contributed by atoms with Crippen LogP contribution in [-0.2, 0) is 9.53 Å². The van der Waals surface area contributed by atoms with E-state index in [2.05, 4.69) is 36.3 Å². The molecular formula is C25H47N3O2. The average Bonchev–Trinajstić information content (AvgIpc) is 2.74. The summed E-state index contributed by atoms with van der Waals surface area (Å²) in [5.74, 6) is 1.32. The van der Waals surface area contributed by atoms with E-state index in [1.54, 1.807) is 7.11 Å². The van der Waals surface area contributed by atoms with Crippen LogP contribution in [0.3, 0.4) is 0 Å². The molecule has 3 rings (SSSR count). The van der Waals surface area contributed by atoms with Crippen LogP contribution in [0.4, 0.5) is 0 Å². The van der Waals surface area contributed by atoms with Crippen LogP contribution in [-0.4, -0.2) is 62.3 Å². The number of carbonyl (C=O) groups excluding carboxylic acids is 1. The second-order valence-electron chi connectivity index (χ2n) is 11.2. The number of nitrogens with one attached hydrogen (secondary N) is 2. The third-order valence-electron chi connectivity index (χ3n) is 8.10. The standard InChI is InChI=1S/C25H47N3O2/c1-25(2,3)20-6-5-7-22(18-20)27-24(29)19-8-10-23(11-9-19)28-15-12-21(13-16-28)26-14-17-30-4/h19-23,26H,5-18H2,1-4H3,(H,27,29). The smallest absolute Gasteiger partial charge is 0.223 e. The predicted octanol–water partition coefficient (Wildman–Crippen LogP) is 3.97. The van der Waals surface area contributed by atoms with Gasteiger partial charge < -0.3 is 20.3 Å². The molecule has 0 spiro atoms. The normalized spacial score (nSPS) is 32.1. The molecule has 0 radical (unpaired) electrons. The molecule has 1 amide bonds. The maximum Gasteiger partial charge on any atom is 0.223 e. The maximum atomic E-state index is 12.9. The van der Waals surface area contributed by atoms with E-state index in [4.69, 9.17) is 4.74 Å². The first-order valence-corrected chi connectivity index (χ1v) is 12.6. The Kier molecular flexibility index (Phi) is 9.03. The maximum absolute atomic E-state index is 12.9. The lowest BCUT2D eigenvalue weighted by molar-refractivity contribution is -0.127. The number of methoxy groups -OCH3 is 1. The number of piperidine rings is 1. The molecule has 0 aromatic carbocycles. The van der Waals surface area contributed by atoms with Gasteiger partial charge in [-0.05, 0) is 82.2 Å². The lowest BCUT2D eigenvalue weighted by Gasteiger charge is -2.41. The highest BCUT2D eigenvalue weighted by Crippen LogP contribution is 2.38. The molecule has 3 fully saturated rings. The summed E-state index contributed by atoms with van der Waals surface area (Å²) in [6.45, 7) is 11.2. The molecule has 2 aliphatic carbocycles. The molecule has 2 N–H and O–H groups in total. The van der Waals surface area contributed by atoms with E-state index in [9.17, 15) is 4.79 Å². The van der Waals surface area contributed by atoms with E-state index >= 15 is 0 Å². The Bertz CT molecular complexity index is 517. The third-order valence-corrected chi connectivity index (χ3v) is 8.10. The summed E-state index contributed by atoms with van der Waals surface area (Å²) in [6.07, 6.45) is 11.9. The van der Waals surface area contributed by atoms with Crippen molar-refractivity contribution in [3.05, 3.63) is 0 Å². The highest BCUT2D eigenvalue weighted by molar-refractivity contribution is 5.79. The Labute approximate surface area is 185 Å². The number of hydrogen-bond donors (Lipinski definition) is 2. The van der Waals surface area contributed by atoms with Crippen molar-refractivity contribution < 1.29 is 9.53 Å². The van der Waals surface area contributed by atoms with Gasteiger partial charge in [0.15, 0.2) is 0 Å². The molecule has 0 bridgehead atoms. The van der Waals surface area contributed by atoms with Gasteiger partial charge in [-0.25, -0.2) is 0 Å². The van der Waals surface area contributed by atoms with Gasteiger partial charge in [-0.15, -0.1) is 0 Å². The van der Waals surface area contributed by atoms with Gasteiger partial charge >= 0.3 is 0 Å². The quantitative estimate of drug-likeness (QED) is 0.611. The van der Waals surface area contributed by atoms with Crippen molar-refractivity contribution in [3.63, 3.8) is 0 Å². The molecule has 174 valence electrons. The van der Waals surface area contributed by atoms with Crippen molar-refractivity contribution in [1.82, 2.24) is 15.5 Å². The number of nitrogens with zero attached hydrogens (tertiary/aromatic N) is 1. The molecule has 5 nitrogen and oxygen atoms in total. The summed E-state index contributed by atoms with van der Waals surface area (Å²) >= 11 is 0. The van der Waals surface area contributed by atoms with Crippen LogP contribution in [0.5, 0.6) is 0 Å². The fraction of sp³-hybridized carbons (Fsp3) is 0.960. The van der Waals surface area contributed by atoms with Crippen molar-refractivity contribution in [2.24, 2.45) is 17.3 Å². The highest BCUT2D eigenvalue weighted by Gasteiger charge is 2.34. The van der Waals surface area contributed by atoms with Crippen molar-refractivity contribution in [1.29, 1.82) is 0 Å². The summed E-state index contributed by atoms with van der Waals surface area (Å²) in [4.78, 5) is 15.6. The third kappa shape index (κ3) is 6.93. The van der Waals surface area contributed by atoms with Gasteiger partial charge in [-0.2, -0.15) is 0 Å². The van der Waals surface area contributed by atoms with Gasteiger partial charge in [0.05, 0.1) is 6.61 Å². The van der Waals surface area contributed by atoms with Gasteiger partial charge in [-0.3, -0.25) is 4.79 Å². The van der Waals surface area contributed by atoms with Gasteiger partial charge in [-0.1, -0.05) is 27.2 Å². The predicted molar refractivity (Wildman–Crippen MR) is 124 cm³/mol. The fourth-order valence-electron chi connectivity index (χ4n) is 5.96. The molecule has 30 heavy (non-hydrogen) atoms. The number of rotatable bonds is 7. The fourth-order valence-corrected chi connectivity index (χ4v) is 5.96. The van der Waals surface area contributed by atoms with E-state index < -0.39 is 0 Å². The SMILES string of the molecule is COCCNC1CCN(C2CCC(C(=O)NC3CCCC(C(C)(C)C)C3)CC2)CC1. The molecule has 5 heteroatoms. The number of hydrogen-bond acceptors (Lipinski definition) is 4. The van der Waals surface area contributed by atoms with Crippen molar-refractivity contribution in [2.45, 2.75) is 103 Å². The molecule has 0 aromatic rings. The molecule has 2 unspecified atom stereocenters. The Balaban J connectivity index is 1.36. The van der Waals surface area contributed by atoms with E-state index in [1.165, 1.54) is 58.0 Å². The Morgan fingerprint density at radius 2 is 1.67 bits per heavy atom. The molecule has 2 saturated carbocycles. The minimum absolute atomic E-state index is 0.240. The van der Waals surface area contributed by atoms with Gasteiger partial charge in [0.2, 0.25) is 5.91 Å².